The molecule has 0 saturated heterocycles. The number of aryl methyl sites for hydroxylation is 1. The van der Waals surface area contributed by atoms with Crippen LogP contribution in [0.25, 0.3) is 0 Å². The molecule has 2 heterocycles. The fourth-order valence-electron chi connectivity index (χ4n) is 1.29. The average molecular weight is 318 g/mol. The van der Waals surface area contributed by atoms with Gasteiger partial charge in [0.25, 0.3) is 0 Å². The highest BCUT2D eigenvalue weighted by Crippen LogP contribution is 2.28. The van der Waals surface area contributed by atoms with Crippen LogP contribution in [0.4, 0.5) is 19.1 Å². The van der Waals surface area contributed by atoms with Crippen LogP contribution in [0.5, 0.6) is 0 Å². The van der Waals surface area contributed by atoms with Gasteiger partial charge in [-0.25, -0.2) is 9.97 Å². The Morgan fingerprint density at radius 1 is 1.48 bits per heavy atom. The molecule has 2 aromatic heterocycles. The molecule has 0 aliphatic heterocycles. The summed E-state index contributed by atoms with van der Waals surface area (Å²) in [4.78, 5) is 18.6. The number of amides is 1. The summed E-state index contributed by atoms with van der Waals surface area (Å²) in [6, 6.07) is 2.28. The van der Waals surface area contributed by atoms with Crippen molar-refractivity contribution in [3.05, 3.63) is 29.7 Å². The summed E-state index contributed by atoms with van der Waals surface area (Å²) in [5, 5.41) is 5.86. The summed E-state index contributed by atoms with van der Waals surface area (Å²) in [5.74, 6) is -0.443. The van der Waals surface area contributed by atoms with E-state index in [2.05, 4.69) is 20.4 Å². The highest BCUT2D eigenvalue weighted by atomic mass is 32.2. The lowest BCUT2D eigenvalue weighted by Crippen LogP contribution is -2.14. The van der Waals surface area contributed by atoms with Crippen LogP contribution in [0.15, 0.2) is 28.0 Å². The normalized spacial score (nSPS) is 11.4. The molecular formula is C11H9F3N4O2S. The lowest BCUT2D eigenvalue weighted by molar-refractivity contribution is -0.141. The predicted molar refractivity (Wildman–Crippen MR) is 67.6 cm³/mol. The van der Waals surface area contributed by atoms with Crippen molar-refractivity contribution in [2.24, 2.45) is 0 Å². The van der Waals surface area contributed by atoms with Crippen LogP contribution in [0.2, 0.25) is 0 Å². The number of nitrogens with one attached hydrogen (secondary N) is 1. The molecule has 6 nitrogen and oxygen atoms in total. The maximum Gasteiger partial charge on any atom is 0.433 e. The van der Waals surface area contributed by atoms with Crippen LogP contribution in [-0.2, 0) is 11.0 Å². The minimum atomic E-state index is -4.54. The first-order chi connectivity index (χ1) is 9.84. The molecule has 2 aromatic rings. The molecule has 2 rings (SSSR count). The van der Waals surface area contributed by atoms with Gasteiger partial charge in [0.2, 0.25) is 11.8 Å². The zero-order valence-corrected chi connectivity index (χ0v) is 11.5. The molecule has 0 aliphatic rings. The van der Waals surface area contributed by atoms with E-state index < -0.39 is 17.8 Å². The number of carbonyl (C=O) groups is 1. The molecule has 1 N–H and O–H groups in total. The molecule has 112 valence electrons. The maximum absolute atomic E-state index is 12.5. The third-order valence-electron chi connectivity index (χ3n) is 2.15. The number of thioether (sulfide) groups is 1. The molecular weight excluding hydrogens is 309 g/mol. The molecule has 0 fully saturated rings. The van der Waals surface area contributed by atoms with Crippen LogP contribution in [0, 0.1) is 6.92 Å². The van der Waals surface area contributed by atoms with Gasteiger partial charge in [-0.3, -0.25) is 10.1 Å². The number of rotatable bonds is 4. The predicted octanol–water partition coefficient (Wildman–Crippen LogP) is 2.52. The van der Waals surface area contributed by atoms with Crippen molar-refractivity contribution in [3.8, 4) is 0 Å². The first-order valence-corrected chi connectivity index (χ1v) is 6.59. The molecule has 0 spiro atoms. The zero-order chi connectivity index (χ0) is 15.5. The first kappa shape index (κ1) is 15.3. The molecule has 10 heteroatoms. The van der Waals surface area contributed by atoms with E-state index in [1.807, 2.05) is 0 Å². The number of hydrogen-bond donors (Lipinski definition) is 1. The monoisotopic (exact) mass is 318 g/mol. The number of carbonyl (C=O) groups excluding carboxylic acids is 1. The lowest BCUT2D eigenvalue weighted by atomic mass is 10.4. The fourth-order valence-corrected chi connectivity index (χ4v) is 1.92. The Kier molecular flexibility index (Phi) is 4.46. The number of nitrogens with zero attached hydrogens (tertiary/aromatic N) is 3. The van der Waals surface area contributed by atoms with E-state index in [4.69, 9.17) is 4.52 Å². The van der Waals surface area contributed by atoms with E-state index >= 15 is 0 Å². The molecule has 0 aromatic carbocycles. The molecule has 21 heavy (non-hydrogen) atoms. The largest absolute Gasteiger partial charge is 0.433 e. The Hall–Kier alpha value is -2.10. The number of aromatic nitrogens is 3. The average Bonchev–Trinajstić information content (AvgIpc) is 2.81. The standard InChI is InChI=1S/C11H9F3N4O2S/c1-6-4-9(20-18-6)17-8(19)5-21-10-15-3-2-7(16-10)11(12,13)14/h2-4H,5H2,1H3,(H,17,19). The molecule has 0 aliphatic carbocycles. The Bertz CT molecular complexity index is 644. The SMILES string of the molecule is Cc1cc(NC(=O)CSc2nccc(C(F)(F)F)n2)on1. The lowest BCUT2D eigenvalue weighted by Gasteiger charge is -2.06. The highest BCUT2D eigenvalue weighted by molar-refractivity contribution is 7.99. The van der Waals surface area contributed by atoms with Crippen LogP contribution >= 0.6 is 11.8 Å². The minimum absolute atomic E-state index is 0.131. The molecule has 0 atom stereocenters. The Morgan fingerprint density at radius 3 is 2.86 bits per heavy atom. The Morgan fingerprint density at radius 2 is 2.24 bits per heavy atom. The van der Waals surface area contributed by atoms with Gasteiger partial charge in [-0.2, -0.15) is 13.2 Å². The summed E-state index contributed by atoms with van der Waals surface area (Å²) < 4.78 is 42.2. The van der Waals surface area contributed by atoms with Crippen LogP contribution in [-0.4, -0.2) is 26.8 Å². The van der Waals surface area contributed by atoms with Gasteiger partial charge in [0, 0.05) is 12.3 Å². The van der Waals surface area contributed by atoms with Crippen molar-refractivity contribution in [1.82, 2.24) is 15.1 Å². The molecule has 0 unspecified atom stereocenters. The number of halogens is 3. The third-order valence-corrected chi connectivity index (χ3v) is 3.01. The smallest absolute Gasteiger partial charge is 0.338 e. The maximum atomic E-state index is 12.5. The quantitative estimate of drug-likeness (QED) is 0.689. The molecule has 0 saturated carbocycles. The summed E-state index contributed by atoms with van der Waals surface area (Å²) >= 11 is 0.789. The van der Waals surface area contributed by atoms with Crippen molar-refractivity contribution in [2.75, 3.05) is 11.1 Å². The van der Waals surface area contributed by atoms with Gasteiger partial charge >= 0.3 is 6.18 Å². The van der Waals surface area contributed by atoms with Crippen LogP contribution in [0.3, 0.4) is 0 Å². The van der Waals surface area contributed by atoms with E-state index in [0.29, 0.717) is 5.69 Å². The van der Waals surface area contributed by atoms with E-state index in [0.717, 1.165) is 24.0 Å². The van der Waals surface area contributed by atoms with Gasteiger partial charge in [0.05, 0.1) is 11.4 Å². The van der Waals surface area contributed by atoms with Gasteiger partial charge in [-0.1, -0.05) is 16.9 Å². The van der Waals surface area contributed by atoms with E-state index in [1.54, 1.807) is 6.92 Å². The second kappa shape index (κ2) is 6.12. The molecule has 0 bridgehead atoms. The summed E-state index contributed by atoms with van der Waals surface area (Å²) in [5.41, 5.74) is -0.453. The third kappa shape index (κ3) is 4.45. The number of hydrogen-bond acceptors (Lipinski definition) is 6. The van der Waals surface area contributed by atoms with Gasteiger partial charge in [-0.15, -0.1) is 0 Å². The van der Waals surface area contributed by atoms with Crippen molar-refractivity contribution in [3.63, 3.8) is 0 Å². The van der Waals surface area contributed by atoms with E-state index in [9.17, 15) is 18.0 Å². The van der Waals surface area contributed by atoms with Crippen LogP contribution in [0.1, 0.15) is 11.4 Å². The number of anilines is 1. The second-order valence-electron chi connectivity index (χ2n) is 3.89. The summed E-state index contributed by atoms with van der Waals surface area (Å²) in [6.07, 6.45) is -3.55. The van der Waals surface area contributed by atoms with Crippen molar-refractivity contribution in [1.29, 1.82) is 0 Å². The number of alkyl halides is 3. The van der Waals surface area contributed by atoms with Crippen molar-refractivity contribution < 1.29 is 22.5 Å². The summed E-state index contributed by atoms with van der Waals surface area (Å²) in [6.45, 7) is 1.68. The van der Waals surface area contributed by atoms with Gasteiger partial charge < -0.3 is 4.52 Å². The fraction of sp³-hybridized carbons (Fsp3) is 0.273. The Labute approximate surface area is 121 Å². The minimum Gasteiger partial charge on any atom is -0.338 e. The molecule has 0 radical (unpaired) electrons. The van der Waals surface area contributed by atoms with Gasteiger partial charge in [-0.05, 0) is 13.0 Å². The first-order valence-electron chi connectivity index (χ1n) is 5.61. The van der Waals surface area contributed by atoms with E-state index in [1.165, 1.54) is 6.07 Å². The second-order valence-corrected chi connectivity index (χ2v) is 4.83. The highest BCUT2D eigenvalue weighted by Gasteiger charge is 2.32. The summed E-state index contributed by atoms with van der Waals surface area (Å²) in [7, 11) is 0. The van der Waals surface area contributed by atoms with Crippen LogP contribution < -0.4 is 5.32 Å². The Balaban J connectivity index is 1.92. The zero-order valence-electron chi connectivity index (χ0n) is 10.6. The topological polar surface area (TPSA) is 80.9 Å². The van der Waals surface area contributed by atoms with E-state index in [-0.39, 0.29) is 16.8 Å². The molecule has 1 amide bonds. The van der Waals surface area contributed by atoms with Crippen molar-refractivity contribution >= 4 is 23.6 Å². The van der Waals surface area contributed by atoms with Crippen molar-refractivity contribution in [2.45, 2.75) is 18.3 Å². The van der Waals surface area contributed by atoms with Gasteiger partial charge in [0.15, 0.2) is 5.16 Å². The van der Waals surface area contributed by atoms with Gasteiger partial charge in [0.1, 0.15) is 5.69 Å².